The van der Waals surface area contributed by atoms with E-state index in [1.54, 1.807) is 13.2 Å². The summed E-state index contributed by atoms with van der Waals surface area (Å²) < 4.78 is 11.5. The molecule has 114 valence electrons. The Morgan fingerprint density at radius 2 is 1.95 bits per heavy atom. The van der Waals surface area contributed by atoms with Gasteiger partial charge in [0.15, 0.2) is 0 Å². The Morgan fingerprint density at radius 3 is 2.52 bits per heavy atom. The Labute approximate surface area is 127 Å². The molecule has 3 atom stereocenters. The van der Waals surface area contributed by atoms with Crippen molar-refractivity contribution >= 4 is 22.6 Å². The number of carbonyl (C=O) groups is 2. The second-order valence-electron chi connectivity index (χ2n) is 5.53. The largest absolute Gasteiger partial charge is 0.337 e. The molecule has 0 aliphatic carbocycles. The summed E-state index contributed by atoms with van der Waals surface area (Å²) in [6, 6.07) is 9.18. The minimum absolute atomic E-state index is 0.0167. The maximum Gasteiger partial charge on any atom is 0.253 e. The fourth-order valence-corrected chi connectivity index (χ4v) is 2.85. The number of carbonyl (C=O) groups excluding carboxylic acids is 2. The van der Waals surface area contributed by atoms with Crippen molar-refractivity contribution in [2.45, 2.75) is 24.6 Å². The van der Waals surface area contributed by atoms with Gasteiger partial charge in [0, 0.05) is 28.9 Å². The van der Waals surface area contributed by atoms with E-state index in [-0.39, 0.29) is 23.6 Å². The number of hydrogen-bond donors (Lipinski definition) is 1. The molecule has 0 aromatic heterocycles. The van der Waals surface area contributed by atoms with E-state index in [1.165, 1.54) is 4.90 Å². The molecule has 6 heteroatoms. The number of amides is 2. The van der Waals surface area contributed by atoms with Crippen LogP contribution >= 0.6 is 0 Å². The number of rotatable bonds is 4. The monoisotopic (exact) mass is 308 g/mol. The highest BCUT2D eigenvalue weighted by Gasteiger charge is 2.44. The van der Waals surface area contributed by atoms with E-state index in [1.807, 2.05) is 37.3 Å². The van der Waals surface area contributed by atoms with E-state index in [0.717, 1.165) is 5.56 Å². The highest BCUT2D eigenvalue weighted by molar-refractivity contribution is 7.84. The van der Waals surface area contributed by atoms with Gasteiger partial charge in [0.2, 0.25) is 5.91 Å². The highest BCUT2D eigenvalue weighted by atomic mass is 32.2. The van der Waals surface area contributed by atoms with Crippen molar-refractivity contribution in [2.75, 3.05) is 19.3 Å². The molecule has 1 aromatic carbocycles. The van der Waals surface area contributed by atoms with Crippen LogP contribution in [0.25, 0.3) is 0 Å². The SMILES string of the molecule is CC(CN1CC(=O)NC(C)(c2ccccc2)C1=O)S(C)=O. The molecule has 1 saturated heterocycles. The number of piperazine rings is 1. The second-order valence-corrected chi connectivity index (χ2v) is 7.34. The molecule has 1 aromatic rings. The summed E-state index contributed by atoms with van der Waals surface area (Å²) in [5, 5.41) is 2.62. The molecule has 21 heavy (non-hydrogen) atoms. The van der Waals surface area contributed by atoms with Crippen LogP contribution in [0.3, 0.4) is 0 Å². The molecule has 5 nitrogen and oxygen atoms in total. The normalized spacial score (nSPS) is 25.4. The number of benzene rings is 1. The molecular weight excluding hydrogens is 288 g/mol. The van der Waals surface area contributed by atoms with Crippen LogP contribution < -0.4 is 5.32 Å². The molecule has 0 bridgehead atoms. The maximum absolute atomic E-state index is 12.8. The van der Waals surface area contributed by atoms with Gasteiger partial charge in [0.25, 0.3) is 5.91 Å². The van der Waals surface area contributed by atoms with Crippen molar-refractivity contribution in [3.8, 4) is 0 Å². The molecule has 1 aliphatic rings. The zero-order valence-electron chi connectivity index (χ0n) is 12.5. The van der Waals surface area contributed by atoms with Gasteiger partial charge in [-0.15, -0.1) is 0 Å². The third-order valence-corrected chi connectivity index (χ3v) is 5.12. The first kappa shape index (κ1) is 15.7. The first-order valence-corrected chi connectivity index (χ1v) is 8.45. The number of nitrogens with one attached hydrogen (secondary N) is 1. The molecule has 2 amide bonds. The molecule has 0 saturated carbocycles. The van der Waals surface area contributed by atoms with E-state index < -0.39 is 16.3 Å². The van der Waals surface area contributed by atoms with Crippen LogP contribution in [0.2, 0.25) is 0 Å². The van der Waals surface area contributed by atoms with E-state index in [4.69, 9.17) is 0 Å². The summed E-state index contributed by atoms with van der Waals surface area (Å²) in [7, 11) is -1.03. The predicted octanol–water partition coefficient (Wildman–Crippen LogP) is 0.627. The molecular formula is C15H20N2O3S. The number of nitrogens with zero attached hydrogens (tertiary/aromatic N) is 1. The fraction of sp³-hybridized carbons (Fsp3) is 0.467. The summed E-state index contributed by atoms with van der Waals surface area (Å²) in [5.41, 5.74) is -0.315. The molecule has 3 unspecified atom stereocenters. The third-order valence-electron chi connectivity index (χ3n) is 3.83. The van der Waals surface area contributed by atoms with Crippen molar-refractivity contribution in [3.63, 3.8) is 0 Å². The lowest BCUT2D eigenvalue weighted by molar-refractivity contribution is -0.149. The average Bonchev–Trinajstić information content (AvgIpc) is 2.45. The van der Waals surface area contributed by atoms with Crippen molar-refractivity contribution in [1.82, 2.24) is 10.2 Å². The summed E-state index contributed by atoms with van der Waals surface area (Å²) in [5.74, 6) is -0.361. The molecule has 1 aliphatic heterocycles. The van der Waals surface area contributed by atoms with Crippen molar-refractivity contribution in [1.29, 1.82) is 0 Å². The van der Waals surface area contributed by atoms with Gasteiger partial charge >= 0.3 is 0 Å². The molecule has 0 spiro atoms. The molecule has 1 N–H and O–H groups in total. The van der Waals surface area contributed by atoms with Gasteiger partial charge in [-0.05, 0) is 19.4 Å². The second kappa shape index (κ2) is 5.97. The Hall–Kier alpha value is -1.69. The van der Waals surface area contributed by atoms with E-state index in [0.29, 0.717) is 6.54 Å². The van der Waals surface area contributed by atoms with Gasteiger partial charge < -0.3 is 10.2 Å². The lowest BCUT2D eigenvalue weighted by Crippen LogP contribution is -2.64. The van der Waals surface area contributed by atoms with Crippen LogP contribution in [0, 0.1) is 0 Å². The highest BCUT2D eigenvalue weighted by Crippen LogP contribution is 2.26. The van der Waals surface area contributed by atoms with Crippen LogP contribution in [0.5, 0.6) is 0 Å². The van der Waals surface area contributed by atoms with E-state index >= 15 is 0 Å². The first-order valence-electron chi connectivity index (χ1n) is 6.82. The topological polar surface area (TPSA) is 66.5 Å². The average molecular weight is 308 g/mol. The Balaban J connectivity index is 2.29. The van der Waals surface area contributed by atoms with Crippen molar-refractivity contribution < 1.29 is 13.8 Å². The van der Waals surface area contributed by atoms with Gasteiger partial charge in [-0.3, -0.25) is 13.8 Å². The van der Waals surface area contributed by atoms with Crippen LogP contribution in [-0.2, 0) is 25.9 Å². The zero-order chi connectivity index (χ0) is 15.6. The molecule has 1 fully saturated rings. The predicted molar refractivity (Wildman–Crippen MR) is 82.0 cm³/mol. The van der Waals surface area contributed by atoms with E-state index in [2.05, 4.69) is 5.32 Å². The summed E-state index contributed by atoms with van der Waals surface area (Å²) >= 11 is 0. The van der Waals surface area contributed by atoms with E-state index in [9.17, 15) is 13.8 Å². The van der Waals surface area contributed by atoms with Crippen LogP contribution in [0.4, 0.5) is 0 Å². The zero-order valence-corrected chi connectivity index (χ0v) is 13.3. The Morgan fingerprint density at radius 1 is 1.33 bits per heavy atom. The quantitative estimate of drug-likeness (QED) is 0.887. The fourth-order valence-electron chi connectivity index (χ4n) is 2.46. The van der Waals surface area contributed by atoms with Crippen LogP contribution in [0.15, 0.2) is 30.3 Å². The minimum atomic E-state index is -1.06. The third kappa shape index (κ3) is 3.15. The van der Waals surface area contributed by atoms with Crippen molar-refractivity contribution in [2.24, 2.45) is 0 Å². The Bertz CT molecular complexity index is 576. The van der Waals surface area contributed by atoms with Gasteiger partial charge in [-0.2, -0.15) is 0 Å². The van der Waals surface area contributed by atoms with Crippen LogP contribution in [-0.4, -0.2) is 45.5 Å². The van der Waals surface area contributed by atoms with Gasteiger partial charge in [-0.1, -0.05) is 30.3 Å². The first-order chi connectivity index (χ1) is 9.84. The number of hydrogen-bond acceptors (Lipinski definition) is 3. The summed E-state index contributed by atoms with van der Waals surface area (Å²) in [4.78, 5) is 26.2. The lowest BCUT2D eigenvalue weighted by Gasteiger charge is -2.40. The van der Waals surface area contributed by atoms with Gasteiger partial charge in [0.05, 0.1) is 6.54 Å². The standard InChI is InChI=1S/C15H20N2O3S/c1-11(21(3)20)9-17-10-13(18)16-15(2,14(17)19)12-7-5-4-6-8-12/h4-8,11H,9-10H2,1-3H3,(H,16,18). The van der Waals surface area contributed by atoms with Gasteiger partial charge in [0.1, 0.15) is 5.54 Å². The van der Waals surface area contributed by atoms with Crippen molar-refractivity contribution in [3.05, 3.63) is 35.9 Å². The minimum Gasteiger partial charge on any atom is -0.337 e. The smallest absolute Gasteiger partial charge is 0.253 e. The molecule has 2 rings (SSSR count). The molecule has 1 heterocycles. The molecule has 0 radical (unpaired) electrons. The summed E-state index contributed by atoms with van der Waals surface area (Å²) in [6.07, 6.45) is 1.61. The Kier molecular flexibility index (Phi) is 4.46. The van der Waals surface area contributed by atoms with Gasteiger partial charge in [-0.25, -0.2) is 0 Å². The van der Waals surface area contributed by atoms with Crippen LogP contribution in [0.1, 0.15) is 19.4 Å². The summed E-state index contributed by atoms with van der Waals surface area (Å²) in [6.45, 7) is 3.86. The lowest BCUT2D eigenvalue weighted by atomic mass is 9.88. The maximum atomic E-state index is 12.8.